The molecule has 4 rings (SSSR count). The largest absolute Gasteiger partial charge is 0.487 e. The molecule has 0 saturated carbocycles. The van der Waals surface area contributed by atoms with Crippen molar-refractivity contribution in [1.29, 1.82) is 0 Å². The molecule has 1 unspecified atom stereocenters. The molecule has 1 atom stereocenters. The van der Waals surface area contributed by atoms with Gasteiger partial charge in [-0.1, -0.05) is 43.7 Å². The summed E-state index contributed by atoms with van der Waals surface area (Å²) in [5.74, 6) is 0.380. The molecular weight excluding hydrogens is 436 g/mol. The number of H-pyrrole nitrogens is 2. The summed E-state index contributed by atoms with van der Waals surface area (Å²) in [5, 5.41) is 8.88. The fourth-order valence-corrected chi connectivity index (χ4v) is 3.91. The van der Waals surface area contributed by atoms with E-state index < -0.39 is 22.7 Å². The van der Waals surface area contributed by atoms with Crippen LogP contribution in [-0.2, 0) is 24.5 Å². The van der Waals surface area contributed by atoms with Crippen LogP contribution in [0.25, 0.3) is 0 Å². The molecule has 32 heavy (non-hydrogen) atoms. The lowest BCUT2D eigenvalue weighted by Gasteiger charge is -2.32. The monoisotopic (exact) mass is 458 g/mol. The lowest BCUT2D eigenvalue weighted by Crippen LogP contribution is -2.40. The van der Waals surface area contributed by atoms with Gasteiger partial charge in [-0.25, -0.2) is 9.48 Å². The first-order valence-corrected chi connectivity index (χ1v) is 10.4. The molecule has 2 aromatic heterocycles. The van der Waals surface area contributed by atoms with E-state index in [2.05, 4.69) is 20.3 Å². The van der Waals surface area contributed by atoms with E-state index in [1.165, 1.54) is 9.58 Å². The number of fused-ring (bicyclic) bond motifs is 1. The maximum Gasteiger partial charge on any atom is 0.325 e. The molecule has 3 heterocycles. The Labute approximate surface area is 188 Å². The number of aromatic nitrogens is 5. The van der Waals surface area contributed by atoms with E-state index in [-0.39, 0.29) is 25.6 Å². The number of hydrogen-bond donors (Lipinski definition) is 2. The molecule has 1 aromatic carbocycles. The Balaban J connectivity index is 1.53. The number of ether oxygens (including phenoxy) is 1. The van der Waals surface area contributed by atoms with Gasteiger partial charge in [-0.05, 0) is 23.6 Å². The van der Waals surface area contributed by atoms with Crippen molar-refractivity contribution in [3.8, 4) is 5.75 Å². The van der Waals surface area contributed by atoms with Crippen molar-refractivity contribution in [2.24, 2.45) is 5.41 Å². The number of amides is 1. The molecule has 0 bridgehead atoms. The molecule has 1 amide bonds. The van der Waals surface area contributed by atoms with Crippen molar-refractivity contribution < 1.29 is 9.53 Å². The predicted octanol–water partition coefficient (Wildman–Crippen LogP) is 2.02. The van der Waals surface area contributed by atoms with Gasteiger partial charge in [0.1, 0.15) is 24.1 Å². The van der Waals surface area contributed by atoms with E-state index >= 15 is 0 Å². The topological polar surface area (TPSA) is 126 Å². The smallest absolute Gasteiger partial charge is 0.325 e. The van der Waals surface area contributed by atoms with Crippen LogP contribution < -0.4 is 16.0 Å². The first-order chi connectivity index (χ1) is 15.1. The predicted molar refractivity (Wildman–Crippen MR) is 116 cm³/mol. The van der Waals surface area contributed by atoms with Crippen molar-refractivity contribution in [2.75, 3.05) is 0 Å². The Morgan fingerprint density at radius 3 is 2.75 bits per heavy atom. The minimum Gasteiger partial charge on any atom is -0.487 e. The van der Waals surface area contributed by atoms with E-state index in [9.17, 15) is 14.4 Å². The van der Waals surface area contributed by atoms with E-state index in [4.69, 9.17) is 16.3 Å². The van der Waals surface area contributed by atoms with Gasteiger partial charge in [0.05, 0.1) is 24.8 Å². The number of rotatable bonds is 5. The van der Waals surface area contributed by atoms with Crippen molar-refractivity contribution in [3.63, 3.8) is 0 Å². The average molecular weight is 459 g/mol. The van der Waals surface area contributed by atoms with Crippen LogP contribution in [0.5, 0.6) is 5.75 Å². The van der Waals surface area contributed by atoms with E-state index in [0.29, 0.717) is 27.7 Å². The van der Waals surface area contributed by atoms with E-state index in [1.807, 2.05) is 20.8 Å². The highest BCUT2D eigenvalue weighted by Crippen LogP contribution is 2.33. The van der Waals surface area contributed by atoms with Gasteiger partial charge in [-0.15, -0.1) is 5.10 Å². The number of hydrogen-bond acceptors (Lipinski definition) is 6. The highest BCUT2D eigenvalue weighted by Gasteiger charge is 2.39. The minimum absolute atomic E-state index is 0.117. The Morgan fingerprint density at radius 2 is 2.03 bits per heavy atom. The zero-order valence-corrected chi connectivity index (χ0v) is 18.6. The maximum atomic E-state index is 13.5. The summed E-state index contributed by atoms with van der Waals surface area (Å²) in [6, 6.07) is 6.36. The average Bonchev–Trinajstić information content (AvgIpc) is 3.33. The van der Waals surface area contributed by atoms with Crippen LogP contribution in [0.2, 0.25) is 5.02 Å². The lowest BCUT2D eigenvalue weighted by molar-refractivity contribution is -0.139. The number of nitrogens with zero attached hydrogens (tertiary/aromatic N) is 4. The van der Waals surface area contributed by atoms with Gasteiger partial charge in [-0.2, -0.15) is 0 Å². The summed E-state index contributed by atoms with van der Waals surface area (Å²) in [6.07, 6.45) is 1.68. The summed E-state index contributed by atoms with van der Waals surface area (Å²) in [6.45, 7) is 6.22. The summed E-state index contributed by atoms with van der Waals surface area (Å²) in [4.78, 5) is 43.5. The number of carbonyl (C=O) groups excluding carboxylic acids is 1. The molecule has 11 heteroatoms. The van der Waals surface area contributed by atoms with Crippen LogP contribution >= 0.6 is 11.6 Å². The lowest BCUT2D eigenvalue weighted by atomic mass is 9.86. The standard InChI is InChI=1S/C21H23ClN6O4/c1-21(2,3)17(19(30)27-9-15-16(10-27)23-20(31)24-18(15)29)28-8-13(25-26-28)11-32-14-6-4-5-12(22)7-14/h4-8,17H,9-11H2,1-3H3,(H2,23,24,29,31). The van der Waals surface area contributed by atoms with Gasteiger partial charge in [-0.3, -0.25) is 14.6 Å². The molecule has 1 aliphatic heterocycles. The number of nitrogens with one attached hydrogen (secondary N) is 2. The zero-order chi connectivity index (χ0) is 23.0. The molecule has 0 radical (unpaired) electrons. The molecule has 0 spiro atoms. The maximum absolute atomic E-state index is 13.5. The minimum atomic E-state index is -0.671. The molecule has 1 aliphatic rings. The number of halogens is 1. The Hall–Kier alpha value is -3.40. The fraction of sp³-hybridized carbons (Fsp3) is 0.381. The molecule has 0 saturated heterocycles. The van der Waals surface area contributed by atoms with E-state index in [0.717, 1.165) is 0 Å². The SMILES string of the molecule is CC(C)(C)C(C(=O)N1Cc2[nH]c(=O)[nH]c(=O)c2C1)n1cc(COc2cccc(Cl)c2)nn1. The third kappa shape index (κ3) is 4.45. The summed E-state index contributed by atoms with van der Waals surface area (Å²) < 4.78 is 7.23. The Kier molecular flexibility index (Phi) is 5.64. The normalized spacial score (nSPS) is 14.3. The third-order valence-corrected chi connectivity index (χ3v) is 5.43. The second-order valence-electron chi connectivity index (χ2n) is 8.76. The molecule has 168 valence electrons. The highest BCUT2D eigenvalue weighted by molar-refractivity contribution is 6.30. The van der Waals surface area contributed by atoms with Gasteiger partial charge in [0.25, 0.3) is 5.56 Å². The van der Waals surface area contributed by atoms with Crippen LogP contribution in [0.3, 0.4) is 0 Å². The summed E-state index contributed by atoms with van der Waals surface area (Å²) >= 11 is 5.98. The van der Waals surface area contributed by atoms with E-state index in [1.54, 1.807) is 30.5 Å². The van der Waals surface area contributed by atoms with Crippen molar-refractivity contribution in [2.45, 2.75) is 46.5 Å². The molecule has 2 N–H and O–H groups in total. The van der Waals surface area contributed by atoms with Crippen LogP contribution in [0.15, 0.2) is 40.1 Å². The highest BCUT2D eigenvalue weighted by atomic mass is 35.5. The van der Waals surface area contributed by atoms with Crippen molar-refractivity contribution in [1.82, 2.24) is 29.9 Å². The van der Waals surface area contributed by atoms with Gasteiger partial charge < -0.3 is 14.6 Å². The van der Waals surface area contributed by atoms with Gasteiger partial charge in [0.2, 0.25) is 5.91 Å². The first kappa shape index (κ1) is 21.8. The molecule has 0 fully saturated rings. The van der Waals surface area contributed by atoms with Crippen molar-refractivity contribution in [3.05, 3.63) is 73.3 Å². The Morgan fingerprint density at radius 1 is 1.25 bits per heavy atom. The third-order valence-electron chi connectivity index (χ3n) is 5.20. The van der Waals surface area contributed by atoms with Gasteiger partial charge >= 0.3 is 5.69 Å². The van der Waals surface area contributed by atoms with Crippen LogP contribution in [0, 0.1) is 5.41 Å². The quantitative estimate of drug-likeness (QED) is 0.602. The van der Waals surface area contributed by atoms with Crippen molar-refractivity contribution >= 4 is 17.5 Å². The number of benzene rings is 1. The Bertz CT molecular complexity index is 1270. The molecule has 3 aromatic rings. The molecule has 0 aliphatic carbocycles. The zero-order valence-electron chi connectivity index (χ0n) is 17.9. The summed E-state index contributed by atoms with van der Waals surface area (Å²) in [5.41, 5.74) is -0.167. The van der Waals surface area contributed by atoms with Gasteiger partial charge in [0, 0.05) is 10.7 Å². The summed E-state index contributed by atoms with van der Waals surface area (Å²) in [7, 11) is 0. The first-order valence-electron chi connectivity index (χ1n) is 10.0. The van der Waals surface area contributed by atoms with Crippen LogP contribution in [0.1, 0.15) is 43.8 Å². The molecular formula is C21H23ClN6O4. The fourth-order valence-electron chi connectivity index (χ4n) is 3.73. The number of aromatic amines is 2. The van der Waals surface area contributed by atoms with Gasteiger partial charge in [0.15, 0.2) is 0 Å². The molecule has 10 nitrogen and oxygen atoms in total. The van der Waals surface area contributed by atoms with Crippen LogP contribution in [-0.4, -0.2) is 35.8 Å². The van der Waals surface area contributed by atoms with Crippen LogP contribution in [0.4, 0.5) is 0 Å². The number of carbonyl (C=O) groups is 1. The second kappa shape index (κ2) is 8.27. The second-order valence-corrected chi connectivity index (χ2v) is 9.20.